The van der Waals surface area contributed by atoms with Crippen LogP contribution in [-0.2, 0) is 0 Å². The molecule has 16 heavy (non-hydrogen) atoms. The SMILES string of the molecule is CCCC[C@@H](N)c1nc(C=O)ccc1OC. The number of carbonyl (C=O) groups is 1. The molecule has 1 aromatic heterocycles. The minimum absolute atomic E-state index is 0.171. The summed E-state index contributed by atoms with van der Waals surface area (Å²) in [4.78, 5) is 14.8. The first kappa shape index (κ1) is 12.6. The van der Waals surface area contributed by atoms with E-state index in [0.29, 0.717) is 17.1 Å². The summed E-state index contributed by atoms with van der Waals surface area (Å²) in [5, 5.41) is 0. The first-order valence-corrected chi connectivity index (χ1v) is 5.48. The highest BCUT2D eigenvalue weighted by molar-refractivity contribution is 5.72. The Morgan fingerprint density at radius 3 is 2.88 bits per heavy atom. The van der Waals surface area contributed by atoms with Gasteiger partial charge in [0.15, 0.2) is 6.29 Å². The third-order valence-corrected chi connectivity index (χ3v) is 2.47. The van der Waals surface area contributed by atoms with Crippen LogP contribution in [0.5, 0.6) is 5.75 Å². The predicted octanol–water partition coefficient (Wildman–Crippen LogP) is 2.09. The van der Waals surface area contributed by atoms with Crippen molar-refractivity contribution in [2.75, 3.05) is 7.11 Å². The Labute approximate surface area is 95.8 Å². The van der Waals surface area contributed by atoms with Crippen LogP contribution in [0.15, 0.2) is 12.1 Å². The maximum atomic E-state index is 10.7. The van der Waals surface area contributed by atoms with Crippen LogP contribution in [0.25, 0.3) is 0 Å². The lowest BCUT2D eigenvalue weighted by molar-refractivity contribution is 0.111. The summed E-state index contributed by atoms with van der Waals surface area (Å²) in [6, 6.07) is 3.19. The van der Waals surface area contributed by atoms with Crippen molar-refractivity contribution >= 4 is 6.29 Å². The molecule has 0 radical (unpaired) electrons. The molecule has 0 aliphatic rings. The molecular weight excluding hydrogens is 204 g/mol. The lowest BCUT2D eigenvalue weighted by Crippen LogP contribution is -2.14. The molecule has 0 aliphatic heterocycles. The van der Waals surface area contributed by atoms with Gasteiger partial charge in [0.25, 0.3) is 0 Å². The lowest BCUT2D eigenvalue weighted by Gasteiger charge is -2.14. The first-order chi connectivity index (χ1) is 7.72. The van der Waals surface area contributed by atoms with Gasteiger partial charge in [-0.3, -0.25) is 4.79 Å². The van der Waals surface area contributed by atoms with Gasteiger partial charge in [0.05, 0.1) is 18.8 Å². The molecule has 0 fully saturated rings. The van der Waals surface area contributed by atoms with E-state index < -0.39 is 0 Å². The Bertz CT molecular complexity index is 353. The van der Waals surface area contributed by atoms with Crippen LogP contribution >= 0.6 is 0 Å². The van der Waals surface area contributed by atoms with E-state index in [4.69, 9.17) is 10.5 Å². The Balaban J connectivity index is 2.93. The molecule has 1 aromatic rings. The van der Waals surface area contributed by atoms with E-state index in [1.54, 1.807) is 19.2 Å². The van der Waals surface area contributed by atoms with Gasteiger partial charge in [0.2, 0.25) is 0 Å². The number of carbonyl (C=O) groups excluding carboxylic acids is 1. The predicted molar refractivity (Wildman–Crippen MR) is 62.6 cm³/mol. The highest BCUT2D eigenvalue weighted by Crippen LogP contribution is 2.24. The number of nitrogens with zero attached hydrogens (tertiary/aromatic N) is 1. The molecule has 0 saturated carbocycles. The fourth-order valence-electron chi connectivity index (χ4n) is 1.54. The zero-order valence-corrected chi connectivity index (χ0v) is 9.77. The highest BCUT2D eigenvalue weighted by atomic mass is 16.5. The summed E-state index contributed by atoms with van der Waals surface area (Å²) < 4.78 is 5.19. The average Bonchev–Trinajstić information content (AvgIpc) is 2.35. The third kappa shape index (κ3) is 3.03. The summed E-state index contributed by atoms with van der Waals surface area (Å²) in [5.41, 5.74) is 7.08. The monoisotopic (exact) mass is 222 g/mol. The molecule has 0 aromatic carbocycles. The number of hydrogen-bond donors (Lipinski definition) is 1. The Morgan fingerprint density at radius 2 is 2.31 bits per heavy atom. The average molecular weight is 222 g/mol. The van der Waals surface area contributed by atoms with Crippen LogP contribution in [0.4, 0.5) is 0 Å². The summed E-state index contributed by atoms with van der Waals surface area (Å²) in [6.07, 6.45) is 3.69. The number of methoxy groups -OCH3 is 1. The van der Waals surface area contributed by atoms with Gasteiger partial charge in [0.1, 0.15) is 11.4 Å². The fraction of sp³-hybridized carbons (Fsp3) is 0.500. The van der Waals surface area contributed by atoms with E-state index in [1.165, 1.54) is 0 Å². The summed E-state index contributed by atoms with van der Waals surface area (Å²) in [6.45, 7) is 2.11. The van der Waals surface area contributed by atoms with Crippen molar-refractivity contribution in [2.45, 2.75) is 32.2 Å². The van der Waals surface area contributed by atoms with Crippen molar-refractivity contribution in [1.29, 1.82) is 0 Å². The normalized spacial score (nSPS) is 12.2. The Hall–Kier alpha value is -1.42. The van der Waals surface area contributed by atoms with Gasteiger partial charge in [-0.15, -0.1) is 0 Å². The van der Waals surface area contributed by atoms with E-state index in [9.17, 15) is 4.79 Å². The van der Waals surface area contributed by atoms with Gasteiger partial charge in [-0.25, -0.2) is 4.98 Å². The largest absolute Gasteiger partial charge is 0.495 e. The number of aldehydes is 1. The van der Waals surface area contributed by atoms with E-state index in [0.717, 1.165) is 25.5 Å². The van der Waals surface area contributed by atoms with Crippen molar-refractivity contribution in [3.63, 3.8) is 0 Å². The van der Waals surface area contributed by atoms with Crippen LogP contribution in [0.3, 0.4) is 0 Å². The molecule has 88 valence electrons. The number of aromatic nitrogens is 1. The Kier molecular flexibility index (Phi) is 4.92. The molecular formula is C12H18N2O2. The summed E-state index contributed by atoms with van der Waals surface area (Å²) in [7, 11) is 1.58. The topological polar surface area (TPSA) is 65.2 Å². The van der Waals surface area contributed by atoms with E-state index >= 15 is 0 Å². The molecule has 2 N–H and O–H groups in total. The zero-order valence-electron chi connectivity index (χ0n) is 9.77. The molecule has 4 nitrogen and oxygen atoms in total. The van der Waals surface area contributed by atoms with Crippen molar-refractivity contribution in [3.8, 4) is 5.75 Å². The van der Waals surface area contributed by atoms with Crippen LogP contribution < -0.4 is 10.5 Å². The van der Waals surface area contributed by atoms with E-state index in [2.05, 4.69) is 11.9 Å². The second-order valence-electron chi connectivity index (χ2n) is 3.69. The summed E-state index contributed by atoms with van der Waals surface area (Å²) >= 11 is 0. The van der Waals surface area contributed by atoms with Crippen molar-refractivity contribution in [2.24, 2.45) is 5.73 Å². The smallest absolute Gasteiger partial charge is 0.168 e. The van der Waals surface area contributed by atoms with E-state index in [-0.39, 0.29) is 6.04 Å². The van der Waals surface area contributed by atoms with Gasteiger partial charge in [0, 0.05) is 0 Å². The second-order valence-corrected chi connectivity index (χ2v) is 3.69. The molecule has 0 amide bonds. The van der Waals surface area contributed by atoms with Gasteiger partial charge in [-0.05, 0) is 18.6 Å². The molecule has 0 aliphatic carbocycles. The van der Waals surface area contributed by atoms with Crippen LogP contribution in [-0.4, -0.2) is 18.4 Å². The standard InChI is InChI=1S/C12H18N2O2/c1-3-4-5-10(13)12-11(16-2)7-6-9(8-15)14-12/h6-8,10H,3-5,13H2,1-2H3/t10-/m1/s1. The van der Waals surface area contributed by atoms with Gasteiger partial charge in [-0.2, -0.15) is 0 Å². The molecule has 0 spiro atoms. The van der Waals surface area contributed by atoms with Gasteiger partial charge in [-0.1, -0.05) is 19.8 Å². The van der Waals surface area contributed by atoms with Crippen LogP contribution in [0.1, 0.15) is 48.4 Å². The summed E-state index contributed by atoms with van der Waals surface area (Å²) in [5.74, 6) is 0.647. The molecule has 0 unspecified atom stereocenters. The van der Waals surface area contributed by atoms with Crippen molar-refractivity contribution in [3.05, 3.63) is 23.5 Å². The minimum atomic E-state index is -0.171. The number of pyridine rings is 1. The number of ether oxygens (including phenoxy) is 1. The van der Waals surface area contributed by atoms with Crippen molar-refractivity contribution in [1.82, 2.24) is 4.98 Å². The molecule has 1 atom stereocenters. The minimum Gasteiger partial charge on any atom is -0.495 e. The maximum Gasteiger partial charge on any atom is 0.168 e. The molecule has 1 rings (SSSR count). The number of unbranched alkanes of at least 4 members (excludes halogenated alkanes) is 1. The first-order valence-electron chi connectivity index (χ1n) is 5.48. The van der Waals surface area contributed by atoms with Crippen LogP contribution in [0, 0.1) is 0 Å². The number of rotatable bonds is 6. The zero-order chi connectivity index (χ0) is 12.0. The fourth-order valence-corrected chi connectivity index (χ4v) is 1.54. The highest BCUT2D eigenvalue weighted by Gasteiger charge is 2.13. The second kappa shape index (κ2) is 6.23. The molecule has 1 heterocycles. The number of nitrogens with two attached hydrogens (primary N) is 1. The Morgan fingerprint density at radius 1 is 1.56 bits per heavy atom. The molecule has 4 heteroatoms. The maximum absolute atomic E-state index is 10.7. The molecule has 0 bridgehead atoms. The third-order valence-electron chi connectivity index (χ3n) is 2.47. The van der Waals surface area contributed by atoms with Gasteiger partial charge >= 0.3 is 0 Å². The lowest BCUT2D eigenvalue weighted by atomic mass is 10.1. The van der Waals surface area contributed by atoms with Crippen LogP contribution in [0.2, 0.25) is 0 Å². The van der Waals surface area contributed by atoms with E-state index in [1.807, 2.05) is 0 Å². The molecule has 0 saturated heterocycles. The van der Waals surface area contributed by atoms with Gasteiger partial charge < -0.3 is 10.5 Å². The quantitative estimate of drug-likeness (QED) is 0.748. The number of hydrogen-bond acceptors (Lipinski definition) is 4. The van der Waals surface area contributed by atoms with Crippen molar-refractivity contribution < 1.29 is 9.53 Å².